The first-order valence-electron chi connectivity index (χ1n) is 4.10. The molecule has 0 spiro atoms. The molecule has 0 N–H and O–H groups in total. The van der Waals surface area contributed by atoms with Crippen molar-refractivity contribution >= 4 is 11.6 Å². The van der Waals surface area contributed by atoms with Crippen molar-refractivity contribution in [2.45, 2.75) is 26.1 Å². The van der Waals surface area contributed by atoms with E-state index in [0.717, 1.165) is 10.6 Å². The minimum atomic E-state index is 0.235. The molecule has 2 rings (SSSR count). The second-order valence-corrected chi connectivity index (χ2v) is 3.64. The van der Waals surface area contributed by atoms with Gasteiger partial charge < -0.3 is 4.74 Å². The fraction of sp³-hybridized carbons (Fsp3) is 0.400. The maximum absolute atomic E-state index is 6.05. The minimum Gasteiger partial charge on any atom is -0.365 e. The molecule has 2 unspecified atom stereocenters. The van der Waals surface area contributed by atoms with Gasteiger partial charge in [-0.15, -0.1) is 0 Å². The zero-order valence-corrected chi connectivity index (χ0v) is 7.93. The third-order valence-corrected chi connectivity index (χ3v) is 2.60. The van der Waals surface area contributed by atoms with Gasteiger partial charge >= 0.3 is 0 Å². The molecule has 1 aromatic carbocycles. The molecule has 0 radical (unpaired) electrons. The van der Waals surface area contributed by atoms with Gasteiger partial charge in [0.1, 0.15) is 6.10 Å². The smallest absolute Gasteiger partial charge is 0.111 e. The van der Waals surface area contributed by atoms with Crippen LogP contribution >= 0.6 is 11.6 Å². The summed E-state index contributed by atoms with van der Waals surface area (Å²) in [5.74, 6) is 0. The van der Waals surface area contributed by atoms with Gasteiger partial charge in [-0.3, -0.25) is 0 Å². The Balaban J connectivity index is 2.41. The van der Waals surface area contributed by atoms with Crippen molar-refractivity contribution in [2.75, 3.05) is 0 Å². The molecule has 0 amide bonds. The Bertz CT molecular complexity index is 288. The van der Waals surface area contributed by atoms with Crippen molar-refractivity contribution in [3.8, 4) is 0 Å². The van der Waals surface area contributed by atoms with Crippen molar-refractivity contribution in [1.29, 1.82) is 0 Å². The lowest BCUT2D eigenvalue weighted by Crippen LogP contribution is -1.89. The molecular weight excluding hydrogens is 172 g/mol. The molecule has 1 aliphatic heterocycles. The molecule has 12 heavy (non-hydrogen) atoms. The predicted octanol–water partition coefficient (Wildman–Crippen LogP) is 3.11. The van der Waals surface area contributed by atoms with Crippen LogP contribution in [0.3, 0.4) is 0 Å². The Labute approximate surface area is 77.3 Å². The summed E-state index contributed by atoms with van der Waals surface area (Å²) in [6, 6.07) is 5.95. The molecule has 1 nitrogen and oxygen atoms in total. The molecule has 1 aliphatic rings. The van der Waals surface area contributed by atoms with E-state index in [0.29, 0.717) is 6.10 Å². The van der Waals surface area contributed by atoms with E-state index in [9.17, 15) is 0 Å². The highest BCUT2D eigenvalue weighted by Crippen LogP contribution is 2.42. The highest BCUT2D eigenvalue weighted by atomic mass is 35.5. The van der Waals surface area contributed by atoms with Gasteiger partial charge in [0.05, 0.1) is 6.10 Å². The van der Waals surface area contributed by atoms with Crippen LogP contribution in [0.4, 0.5) is 0 Å². The Morgan fingerprint density at radius 1 is 1.42 bits per heavy atom. The third-order valence-electron chi connectivity index (χ3n) is 2.27. The van der Waals surface area contributed by atoms with Gasteiger partial charge in [-0.25, -0.2) is 0 Å². The quantitative estimate of drug-likeness (QED) is 0.608. The lowest BCUT2D eigenvalue weighted by molar-refractivity contribution is 0.382. The van der Waals surface area contributed by atoms with Crippen LogP contribution in [0.2, 0.25) is 5.02 Å². The van der Waals surface area contributed by atoms with Crippen LogP contribution < -0.4 is 0 Å². The van der Waals surface area contributed by atoms with E-state index in [-0.39, 0.29) is 6.10 Å². The third kappa shape index (κ3) is 1.23. The van der Waals surface area contributed by atoms with Crippen LogP contribution in [0.15, 0.2) is 18.2 Å². The number of aryl methyl sites for hydroxylation is 1. The Kier molecular flexibility index (Phi) is 1.85. The van der Waals surface area contributed by atoms with Crippen molar-refractivity contribution in [1.82, 2.24) is 0 Å². The molecule has 0 aliphatic carbocycles. The molecule has 2 atom stereocenters. The van der Waals surface area contributed by atoms with Crippen LogP contribution in [-0.4, -0.2) is 6.10 Å². The number of hydrogen-bond acceptors (Lipinski definition) is 1. The van der Waals surface area contributed by atoms with Crippen molar-refractivity contribution in [3.05, 3.63) is 34.3 Å². The molecule has 64 valence electrons. The second-order valence-electron chi connectivity index (χ2n) is 3.23. The van der Waals surface area contributed by atoms with E-state index in [2.05, 4.69) is 19.9 Å². The summed E-state index contributed by atoms with van der Waals surface area (Å²) >= 11 is 6.05. The molecular formula is C10H11ClO. The summed E-state index contributed by atoms with van der Waals surface area (Å²) in [5, 5.41) is 0.823. The lowest BCUT2D eigenvalue weighted by atomic mass is 10.0. The predicted molar refractivity (Wildman–Crippen MR) is 49.5 cm³/mol. The number of rotatable bonds is 1. The molecule has 1 fully saturated rings. The summed E-state index contributed by atoms with van der Waals surface area (Å²) in [6.07, 6.45) is 0.572. The first kappa shape index (κ1) is 8.09. The highest BCUT2D eigenvalue weighted by Gasteiger charge is 2.37. The minimum absolute atomic E-state index is 0.235. The summed E-state index contributed by atoms with van der Waals surface area (Å²) in [5.41, 5.74) is 2.38. The Morgan fingerprint density at radius 3 is 2.58 bits per heavy atom. The number of epoxide rings is 1. The number of halogens is 1. The zero-order chi connectivity index (χ0) is 8.72. The van der Waals surface area contributed by atoms with Crippen LogP contribution in [0.5, 0.6) is 0 Å². The van der Waals surface area contributed by atoms with Crippen LogP contribution in [-0.2, 0) is 4.74 Å². The first-order valence-corrected chi connectivity index (χ1v) is 4.48. The molecule has 2 heteroatoms. The van der Waals surface area contributed by atoms with Gasteiger partial charge in [-0.05, 0) is 25.5 Å². The van der Waals surface area contributed by atoms with Crippen molar-refractivity contribution in [2.24, 2.45) is 0 Å². The molecule has 0 bridgehead atoms. The van der Waals surface area contributed by atoms with Gasteiger partial charge in [0.25, 0.3) is 0 Å². The van der Waals surface area contributed by atoms with Crippen LogP contribution in [0, 0.1) is 6.92 Å². The van der Waals surface area contributed by atoms with Gasteiger partial charge in [-0.2, -0.15) is 0 Å². The monoisotopic (exact) mass is 182 g/mol. The van der Waals surface area contributed by atoms with Crippen molar-refractivity contribution < 1.29 is 4.74 Å². The van der Waals surface area contributed by atoms with Gasteiger partial charge in [0, 0.05) is 10.6 Å². The summed E-state index contributed by atoms with van der Waals surface area (Å²) in [7, 11) is 0. The molecule has 1 saturated heterocycles. The maximum Gasteiger partial charge on any atom is 0.111 e. The lowest BCUT2D eigenvalue weighted by Gasteiger charge is -2.03. The van der Waals surface area contributed by atoms with Crippen LogP contribution in [0.25, 0.3) is 0 Å². The van der Waals surface area contributed by atoms with E-state index >= 15 is 0 Å². The summed E-state index contributed by atoms with van der Waals surface area (Å²) in [6.45, 7) is 4.13. The number of hydrogen-bond donors (Lipinski definition) is 0. The van der Waals surface area contributed by atoms with E-state index < -0.39 is 0 Å². The fourth-order valence-corrected chi connectivity index (χ4v) is 1.82. The largest absolute Gasteiger partial charge is 0.365 e. The van der Waals surface area contributed by atoms with Gasteiger partial charge in [0.15, 0.2) is 0 Å². The summed E-state index contributed by atoms with van der Waals surface area (Å²) in [4.78, 5) is 0. The second kappa shape index (κ2) is 2.75. The normalized spacial score (nSPS) is 27.2. The Hall–Kier alpha value is -0.530. The Morgan fingerprint density at radius 2 is 2.08 bits per heavy atom. The van der Waals surface area contributed by atoms with E-state index in [1.165, 1.54) is 5.56 Å². The highest BCUT2D eigenvalue weighted by molar-refractivity contribution is 6.31. The van der Waals surface area contributed by atoms with Crippen LogP contribution in [0.1, 0.15) is 24.2 Å². The molecule has 0 aromatic heterocycles. The van der Waals surface area contributed by atoms with E-state index in [1.807, 2.05) is 12.1 Å². The number of ether oxygens (including phenoxy) is 1. The average molecular weight is 183 g/mol. The topological polar surface area (TPSA) is 12.5 Å². The average Bonchev–Trinajstić information content (AvgIpc) is 2.67. The SMILES string of the molecule is Cc1cccc(Cl)c1C1OC1C. The standard InChI is InChI=1S/C10H11ClO/c1-6-4-3-5-8(11)9(6)10-7(2)12-10/h3-5,7,10H,1-2H3. The van der Waals surface area contributed by atoms with E-state index in [1.54, 1.807) is 0 Å². The van der Waals surface area contributed by atoms with Crippen molar-refractivity contribution in [3.63, 3.8) is 0 Å². The molecule has 0 saturated carbocycles. The first-order chi connectivity index (χ1) is 5.70. The zero-order valence-electron chi connectivity index (χ0n) is 7.17. The summed E-state index contributed by atoms with van der Waals surface area (Å²) < 4.78 is 5.38. The van der Waals surface area contributed by atoms with Gasteiger partial charge in [-0.1, -0.05) is 23.7 Å². The van der Waals surface area contributed by atoms with Gasteiger partial charge in [0.2, 0.25) is 0 Å². The molecule has 1 heterocycles. The number of benzene rings is 1. The fourth-order valence-electron chi connectivity index (χ4n) is 1.49. The molecule has 1 aromatic rings. The maximum atomic E-state index is 6.05. The van der Waals surface area contributed by atoms with E-state index in [4.69, 9.17) is 16.3 Å².